The Hall–Kier alpha value is -2.23. The molecule has 0 spiro atoms. The van der Waals surface area contributed by atoms with E-state index in [1.807, 2.05) is 62.1 Å². The van der Waals surface area contributed by atoms with Gasteiger partial charge < -0.3 is 9.64 Å². The maximum atomic E-state index is 6.51. The summed E-state index contributed by atoms with van der Waals surface area (Å²) in [7, 11) is 1.59. The fourth-order valence-corrected chi connectivity index (χ4v) is 3.29. The summed E-state index contributed by atoms with van der Waals surface area (Å²) in [5, 5.41) is 1.12. The second-order valence-corrected chi connectivity index (χ2v) is 6.33. The molecule has 5 heteroatoms. The first-order valence-electron chi connectivity index (χ1n) is 8.90. The molecule has 0 saturated heterocycles. The molecule has 0 atom stereocenters. The van der Waals surface area contributed by atoms with Gasteiger partial charge in [-0.25, -0.2) is 4.98 Å². The van der Waals surface area contributed by atoms with Gasteiger partial charge in [-0.15, -0.1) is 0 Å². The lowest BCUT2D eigenvalue weighted by atomic mass is 9.97. The average Bonchev–Trinajstić information content (AvgIpc) is 2.72. The Labute approximate surface area is 171 Å². The third-order valence-electron chi connectivity index (χ3n) is 4.07. The van der Waals surface area contributed by atoms with Crippen molar-refractivity contribution in [3.63, 3.8) is 0 Å². The summed E-state index contributed by atoms with van der Waals surface area (Å²) >= 11 is 13.0. The number of halogens is 2. The van der Waals surface area contributed by atoms with E-state index in [0.29, 0.717) is 28.0 Å². The van der Waals surface area contributed by atoms with Gasteiger partial charge >= 0.3 is 0 Å². The minimum atomic E-state index is 0.514. The summed E-state index contributed by atoms with van der Waals surface area (Å²) in [5.41, 5.74) is 4.28. The zero-order valence-electron chi connectivity index (χ0n) is 16.1. The first kappa shape index (κ1) is 21.1. The lowest BCUT2D eigenvalue weighted by Crippen LogP contribution is -2.25. The fraction of sp³-hybridized carbons (Fsp3) is 0.227. The van der Waals surface area contributed by atoms with Crippen LogP contribution in [0.4, 0.5) is 0 Å². The highest BCUT2D eigenvalue weighted by Gasteiger charge is 2.27. The van der Waals surface area contributed by atoms with Crippen LogP contribution < -0.4 is 4.74 Å². The van der Waals surface area contributed by atoms with E-state index >= 15 is 0 Å². The van der Waals surface area contributed by atoms with Gasteiger partial charge in [0.05, 0.1) is 34.8 Å². The van der Waals surface area contributed by atoms with E-state index in [-0.39, 0.29) is 0 Å². The monoisotopic (exact) mass is 402 g/mol. The quantitative estimate of drug-likeness (QED) is 0.574. The molecule has 27 heavy (non-hydrogen) atoms. The van der Waals surface area contributed by atoms with Gasteiger partial charge in [-0.05, 0) is 18.6 Å². The zero-order valence-corrected chi connectivity index (χ0v) is 17.6. The molecule has 1 aromatic heterocycles. The molecule has 142 valence electrons. The Balaban J connectivity index is 0.00000126. The van der Waals surface area contributed by atoms with Gasteiger partial charge in [0.15, 0.2) is 0 Å². The van der Waals surface area contributed by atoms with Gasteiger partial charge in [-0.1, -0.05) is 74.0 Å². The minimum absolute atomic E-state index is 0.514. The number of aromatic nitrogens is 1. The van der Waals surface area contributed by atoms with Gasteiger partial charge in [-0.3, -0.25) is 0 Å². The molecule has 2 heterocycles. The van der Waals surface area contributed by atoms with Gasteiger partial charge in [0.2, 0.25) is 0 Å². The number of ether oxygens (including phenoxy) is 1. The Kier molecular flexibility index (Phi) is 7.52. The van der Waals surface area contributed by atoms with Crippen molar-refractivity contribution in [2.45, 2.75) is 20.8 Å². The second kappa shape index (κ2) is 9.63. The van der Waals surface area contributed by atoms with Crippen molar-refractivity contribution in [3.05, 3.63) is 82.3 Å². The lowest BCUT2D eigenvalue weighted by molar-refractivity contribution is 0.412. The van der Waals surface area contributed by atoms with Crippen LogP contribution in [0.2, 0.25) is 5.02 Å². The number of allylic oxidation sites excluding steroid dienone is 3. The van der Waals surface area contributed by atoms with Gasteiger partial charge in [0.1, 0.15) is 11.4 Å². The summed E-state index contributed by atoms with van der Waals surface area (Å²) in [5.74, 6) is 0.613. The Morgan fingerprint density at radius 3 is 2.37 bits per heavy atom. The van der Waals surface area contributed by atoms with Crippen molar-refractivity contribution in [2.75, 3.05) is 13.7 Å². The number of hydrogen-bond acceptors (Lipinski definition) is 3. The van der Waals surface area contributed by atoms with Crippen LogP contribution >= 0.6 is 23.2 Å². The molecular weight excluding hydrogens is 379 g/mol. The molecule has 0 saturated carbocycles. The molecule has 1 aliphatic heterocycles. The van der Waals surface area contributed by atoms with E-state index in [1.165, 1.54) is 0 Å². The van der Waals surface area contributed by atoms with Crippen LogP contribution in [-0.2, 0) is 0 Å². The molecular formula is C22H24Cl2N2O. The van der Waals surface area contributed by atoms with E-state index in [4.69, 9.17) is 27.9 Å². The van der Waals surface area contributed by atoms with Crippen LogP contribution in [0, 0.1) is 0 Å². The van der Waals surface area contributed by atoms with Gasteiger partial charge in [-0.2, -0.15) is 0 Å². The Morgan fingerprint density at radius 1 is 1.15 bits per heavy atom. The molecule has 0 fully saturated rings. The van der Waals surface area contributed by atoms with Gasteiger partial charge in [0.25, 0.3) is 0 Å². The highest BCUT2D eigenvalue weighted by molar-refractivity contribution is 6.34. The molecule has 0 unspecified atom stereocenters. The Morgan fingerprint density at radius 2 is 1.81 bits per heavy atom. The smallest absolute Gasteiger partial charge is 0.138 e. The molecule has 0 radical (unpaired) electrons. The SMILES string of the molecule is C=C1C(Cl)=CC(c2ccccc2)=C(c2ncc(OC)cc2Cl)N1CC.CC. The molecule has 0 aliphatic carbocycles. The highest BCUT2D eigenvalue weighted by atomic mass is 35.5. The first-order valence-corrected chi connectivity index (χ1v) is 9.66. The predicted octanol–water partition coefficient (Wildman–Crippen LogP) is 6.61. The third kappa shape index (κ3) is 4.37. The largest absolute Gasteiger partial charge is 0.495 e. The third-order valence-corrected chi connectivity index (χ3v) is 4.69. The standard InChI is InChI=1S/C20H18Cl2N2O.C2H6/c1-4-24-13(2)17(21)11-16(14-8-6-5-7-9-14)20(24)19-18(22)10-15(25-3)12-23-19;1-2/h5-12H,2,4H2,1,3H3;1-2H3. The van der Waals surface area contributed by atoms with Crippen LogP contribution in [-0.4, -0.2) is 23.5 Å². The van der Waals surface area contributed by atoms with E-state index < -0.39 is 0 Å². The molecule has 2 aromatic rings. The Bertz CT molecular complexity index is 873. The minimum Gasteiger partial charge on any atom is -0.495 e. The molecule has 3 rings (SSSR count). The number of likely N-dealkylation sites (N-methyl/N-ethyl adjacent to an activating group) is 1. The van der Waals surface area contributed by atoms with Crippen LogP contribution in [0.1, 0.15) is 32.0 Å². The van der Waals surface area contributed by atoms with Crippen molar-refractivity contribution in [1.82, 2.24) is 9.88 Å². The summed E-state index contributed by atoms with van der Waals surface area (Å²) in [6.07, 6.45) is 3.58. The van der Waals surface area contributed by atoms with E-state index in [2.05, 4.69) is 11.6 Å². The number of nitrogens with zero attached hydrogens (tertiary/aromatic N) is 2. The van der Waals surface area contributed by atoms with Crippen molar-refractivity contribution in [1.29, 1.82) is 0 Å². The number of pyridine rings is 1. The summed E-state index contributed by atoms with van der Waals surface area (Å²) in [6, 6.07) is 11.8. The molecule has 0 N–H and O–H groups in total. The van der Waals surface area contributed by atoms with E-state index in [1.54, 1.807) is 19.4 Å². The summed E-state index contributed by atoms with van der Waals surface area (Å²) < 4.78 is 5.21. The molecule has 1 aromatic carbocycles. The molecule has 0 amide bonds. The maximum absolute atomic E-state index is 6.51. The first-order chi connectivity index (χ1) is 13.1. The molecule has 1 aliphatic rings. The molecule has 3 nitrogen and oxygen atoms in total. The molecule has 0 bridgehead atoms. The van der Waals surface area contributed by atoms with Gasteiger partial charge in [0, 0.05) is 18.2 Å². The van der Waals surface area contributed by atoms with E-state index in [0.717, 1.165) is 22.5 Å². The van der Waals surface area contributed by atoms with Crippen LogP contribution in [0.3, 0.4) is 0 Å². The van der Waals surface area contributed by atoms with Crippen LogP contribution in [0.15, 0.2) is 66.0 Å². The maximum Gasteiger partial charge on any atom is 0.138 e. The lowest BCUT2D eigenvalue weighted by Gasteiger charge is -2.33. The summed E-state index contributed by atoms with van der Waals surface area (Å²) in [4.78, 5) is 6.57. The number of benzene rings is 1. The van der Waals surface area contributed by atoms with Crippen molar-refractivity contribution in [3.8, 4) is 5.75 Å². The van der Waals surface area contributed by atoms with E-state index in [9.17, 15) is 0 Å². The van der Waals surface area contributed by atoms with Crippen LogP contribution in [0.5, 0.6) is 5.75 Å². The predicted molar refractivity (Wildman–Crippen MR) is 116 cm³/mol. The number of rotatable bonds is 4. The highest BCUT2D eigenvalue weighted by Crippen LogP contribution is 2.41. The number of hydrogen-bond donors (Lipinski definition) is 0. The summed E-state index contributed by atoms with van der Waals surface area (Å²) in [6.45, 7) is 10.8. The average molecular weight is 403 g/mol. The second-order valence-electron chi connectivity index (χ2n) is 5.52. The number of methoxy groups -OCH3 is 1. The van der Waals surface area contributed by atoms with Crippen LogP contribution in [0.25, 0.3) is 11.3 Å². The van der Waals surface area contributed by atoms with Crippen molar-refractivity contribution >= 4 is 34.5 Å². The van der Waals surface area contributed by atoms with Crippen molar-refractivity contribution in [2.24, 2.45) is 0 Å². The fourth-order valence-electron chi connectivity index (χ4n) is 2.84. The zero-order chi connectivity index (χ0) is 20.0. The normalized spacial score (nSPS) is 13.8. The van der Waals surface area contributed by atoms with Crippen molar-refractivity contribution < 1.29 is 4.74 Å². The topological polar surface area (TPSA) is 25.4 Å².